The maximum Gasteiger partial charge on any atom is 0.333 e. The second kappa shape index (κ2) is 6.39. The lowest BCUT2D eigenvalue weighted by atomic mass is 9.96. The lowest BCUT2D eigenvalue weighted by molar-refractivity contribution is 0.0934. The number of amides is 3. The third kappa shape index (κ3) is 3.42. The molecule has 6 nitrogen and oxygen atoms in total. The van der Waals surface area contributed by atoms with Crippen molar-refractivity contribution in [2.45, 2.75) is 32.1 Å². The van der Waals surface area contributed by atoms with Gasteiger partial charge in [0.2, 0.25) is 0 Å². The molecule has 3 rings (SSSR count). The maximum absolute atomic E-state index is 12.0. The Hall–Kier alpha value is -2.76. The van der Waals surface area contributed by atoms with Crippen LogP contribution in [-0.4, -0.2) is 18.5 Å². The van der Waals surface area contributed by atoms with E-state index in [1.807, 2.05) is 18.2 Å². The molecule has 1 aromatic carbocycles. The molecule has 0 aliphatic heterocycles. The average molecular weight is 327 g/mol. The minimum atomic E-state index is -0.427. The van der Waals surface area contributed by atoms with Crippen LogP contribution in [0, 0.1) is 13.8 Å². The van der Waals surface area contributed by atoms with Gasteiger partial charge in [0.1, 0.15) is 11.5 Å². The van der Waals surface area contributed by atoms with E-state index < -0.39 is 11.9 Å². The normalized spacial score (nSPS) is 14.8. The highest BCUT2D eigenvalue weighted by Gasteiger charge is 2.44. The van der Waals surface area contributed by atoms with E-state index in [0.717, 1.165) is 12.8 Å². The summed E-state index contributed by atoms with van der Waals surface area (Å²) in [5, 5.41) is 2.82. The molecule has 1 aromatic heterocycles. The van der Waals surface area contributed by atoms with Crippen molar-refractivity contribution in [2.75, 3.05) is 6.54 Å². The van der Waals surface area contributed by atoms with E-state index in [1.165, 1.54) is 5.56 Å². The molecular formula is C18H21N3O3. The van der Waals surface area contributed by atoms with Gasteiger partial charge < -0.3 is 9.73 Å². The highest BCUT2D eigenvalue weighted by atomic mass is 16.3. The number of carbonyl (C=O) groups excluding carboxylic acids is 2. The molecule has 0 bridgehead atoms. The van der Waals surface area contributed by atoms with Gasteiger partial charge in [-0.15, -0.1) is 0 Å². The van der Waals surface area contributed by atoms with Crippen LogP contribution >= 0.6 is 0 Å². The molecule has 0 unspecified atom stereocenters. The predicted molar refractivity (Wildman–Crippen MR) is 89.5 cm³/mol. The lowest BCUT2D eigenvalue weighted by Gasteiger charge is -2.17. The minimum Gasteiger partial charge on any atom is -0.466 e. The number of hydrogen-bond acceptors (Lipinski definition) is 3. The zero-order chi connectivity index (χ0) is 17.2. The predicted octanol–water partition coefficient (Wildman–Crippen LogP) is 2.57. The molecule has 1 fully saturated rings. The summed E-state index contributed by atoms with van der Waals surface area (Å²) in [5.41, 5.74) is 6.44. The molecule has 1 aliphatic carbocycles. The largest absolute Gasteiger partial charge is 0.466 e. The van der Waals surface area contributed by atoms with Crippen LogP contribution in [0.2, 0.25) is 0 Å². The number of furan rings is 1. The Morgan fingerprint density at radius 2 is 1.83 bits per heavy atom. The van der Waals surface area contributed by atoms with Crippen LogP contribution in [0.3, 0.4) is 0 Å². The Labute approximate surface area is 140 Å². The third-order valence-electron chi connectivity index (χ3n) is 4.40. The van der Waals surface area contributed by atoms with Gasteiger partial charge in [-0.05, 0) is 38.3 Å². The first-order chi connectivity index (χ1) is 11.5. The number of rotatable bonds is 4. The van der Waals surface area contributed by atoms with Crippen LogP contribution in [0.5, 0.6) is 0 Å². The number of urea groups is 1. The van der Waals surface area contributed by atoms with Crippen molar-refractivity contribution >= 4 is 11.9 Å². The molecule has 2 aromatic rings. The maximum atomic E-state index is 12.0. The summed E-state index contributed by atoms with van der Waals surface area (Å²) in [6.07, 6.45) is 2.11. The van der Waals surface area contributed by atoms with Gasteiger partial charge in [-0.25, -0.2) is 10.2 Å². The van der Waals surface area contributed by atoms with Gasteiger partial charge in [0, 0.05) is 12.0 Å². The molecule has 0 atom stereocenters. The molecule has 0 saturated heterocycles. The Balaban J connectivity index is 1.48. The molecule has 3 N–H and O–H groups in total. The zero-order valence-corrected chi connectivity index (χ0v) is 13.8. The summed E-state index contributed by atoms with van der Waals surface area (Å²) in [4.78, 5) is 23.9. The summed E-state index contributed by atoms with van der Waals surface area (Å²) >= 11 is 0. The first-order valence-electron chi connectivity index (χ1n) is 7.97. The second-order valence-corrected chi connectivity index (χ2v) is 6.24. The van der Waals surface area contributed by atoms with Crippen molar-refractivity contribution in [3.05, 3.63) is 59.0 Å². The van der Waals surface area contributed by atoms with Gasteiger partial charge in [-0.2, -0.15) is 0 Å². The van der Waals surface area contributed by atoms with Gasteiger partial charge in [-0.3, -0.25) is 10.2 Å². The van der Waals surface area contributed by atoms with E-state index in [-0.39, 0.29) is 5.41 Å². The van der Waals surface area contributed by atoms with E-state index in [1.54, 1.807) is 19.9 Å². The first kappa shape index (κ1) is 16.1. The number of hydrazine groups is 1. The number of benzene rings is 1. The molecule has 1 aliphatic rings. The minimum absolute atomic E-state index is 0.0286. The SMILES string of the molecule is Cc1cc(C(=O)NNC(=O)NCC2(c3ccccc3)CC2)c(C)o1. The van der Waals surface area contributed by atoms with E-state index >= 15 is 0 Å². The number of carbonyl (C=O) groups is 2. The quantitative estimate of drug-likeness (QED) is 0.755. The summed E-state index contributed by atoms with van der Waals surface area (Å²) in [7, 11) is 0. The fourth-order valence-electron chi connectivity index (χ4n) is 2.84. The average Bonchev–Trinajstić information content (AvgIpc) is 3.30. The molecule has 1 saturated carbocycles. The Kier molecular flexibility index (Phi) is 4.29. The van der Waals surface area contributed by atoms with Crippen molar-refractivity contribution in [3.63, 3.8) is 0 Å². The van der Waals surface area contributed by atoms with Gasteiger partial charge in [0.15, 0.2) is 0 Å². The van der Waals surface area contributed by atoms with Crippen LogP contribution in [0.25, 0.3) is 0 Å². The Morgan fingerprint density at radius 1 is 1.12 bits per heavy atom. The van der Waals surface area contributed by atoms with E-state index in [4.69, 9.17) is 4.42 Å². The molecular weight excluding hydrogens is 306 g/mol. The van der Waals surface area contributed by atoms with Gasteiger partial charge >= 0.3 is 6.03 Å². The monoisotopic (exact) mass is 327 g/mol. The summed E-state index contributed by atoms with van der Waals surface area (Å²) in [6, 6.07) is 11.4. The summed E-state index contributed by atoms with van der Waals surface area (Å²) < 4.78 is 5.30. The lowest BCUT2D eigenvalue weighted by Crippen LogP contribution is -2.48. The molecule has 0 spiro atoms. The van der Waals surface area contributed by atoms with Crippen LogP contribution < -0.4 is 16.2 Å². The molecule has 24 heavy (non-hydrogen) atoms. The van der Waals surface area contributed by atoms with E-state index in [2.05, 4.69) is 28.3 Å². The van der Waals surface area contributed by atoms with Crippen molar-refractivity contribution < 1.29 is 14.0 Å². The van der Waals surface area contributed by atoms with E-state index in [9.17, 15) is 9.59 Å². The van der Waals surface area contributed by atoms with Crippen LogP contribution in [0.15, 0.2) is 40.8 Å². The molecule has 1 heterocycles. The Morgan fingerprint density at radius 3 is 2.42 bits per heavy atom. The second-order valence-electron chi connectivity index (χ2n) is 6.24. The number of nitrogens with one attached hydrogen (secondary N) is 3. The number of hydrogen-bond donors (Lipinski definition) is 3. The summed E-state index contributed by atoms with van der Waals surface area (Å²) in [5.74, 6) is 0.776. The highest BCUT2D eigenvalue weighted by molar-refractivity contribution is 5.96. The topological polar surface area (TPSA) is 83.4 Å². The van der Waals surface area contributed by atoms with Gasteiger partial charge in [0.05, 0.1) is 5.56 Å². The van der Waals surface area contributed by atoms with Crippen molar-refractivity contribution in [1.29, 1.82) is 0 Å². The van der Waals surface area contributed by atoms with Crippen LogP contribution in [-0.2, 0) is 5.41 Å². The molecule has 6 heteroatoms. The zero-order valence-electron chi connectivity index (χ0n) is 13.8. The molecule has 0 radical (unpaired) electrons. The smallest absolute Gasteiger partial charge is 0.333 e. The van der Waals surface area contributed by atoms with Crippen LogP contribution in [0.1, 0.15) is 40.3 Å². The fraction of sp³-hybridized carbons (Fsp3) is 0.333. The van der Waals surface area contributed by atoms with Gasteiger partial charge in [0.25, 0.3) is 5.91 Å². The Bertz CT molecular complexity index is 748. The highest BCUT2D eigenvalue weighted by Crippen LogP contribution is 2.47. The first-order valence-corrected chi connectivity index (χ1v) is 7.97. The molecule has 3 amide bonds. The standard InChI is InChI=1S/C18H21N3O3/c1-12-10-15(13(2)24-12)16(22)20-21-17(23)19-11-18(8-9-18)14-6-4-3-5-7-14/h3-7,10H,8-9,11H2,1-2H3,(H,20,22)(H2,19,21,23). The van der Waals surface area contributed by atoms with E-state index in [0.29, 0.717) is 23.6 Å². The van der Waals surface area contributed by atoms with Crippen molar-refractivity contribution in [1.82, 2.24) is 16.2 Å². The van der Waals surface area contributed by atoms with Crippen molar-refractivity contribution in [2.24, 2.45) is 0 Å². The molecule has 126 valence electrons. The van der Waals surface area contributed by atoms with Gasteiger partial charge in [-0.1, -0.05) is 30.3 Å². The van der Waals surface area contributed by atoms with Crippen molar-refractivity contribution in [3.8, 4) is 0 Å². The number of aryl methyl sites for hydroxylation is 2. The fourth-order valence-corrected chi connectivity index (χ4v) is 2.84. The summed E-state index contributed by atoms with van der Waals surface area (Å²) in [6.45, 7) is 4.02. The third-order valence-corrected chi connectivity index (χ3v) is 4.40. The van der Waals surface area contributed by atoms with Crippen LogP contribution in [0.4, 0.5) is 4.79 Å².